The molecule has 1 heterocycles. The molecule has 1 N–H and O–H groups in total. The van der Waals surface area contributed by atoms with Crippen molar-refractivity contribution in [1.29, 1.82) is 0 Å². The largest absolute Gasteiger partial charge is 0.319 e. The Hall–Kier alpha value is -0.710. The molecule has 0 bridgehead atoms. The van der Waals surface area contributed by atoms with E-state index in [-0.39, 0.29) is 5.82 Å². The van der Waals surface area contributed by atoms with Crippen LogP contribution in [0.1, 0.15) is 16.4 Å². The number of hydrogen-bond acceptors (Lipinski definition) is 2. The second-order valence-electron chi connectivity index (χ2n) is 4.20. The van der Waals surface area contributed by atoms with Gasteiger partial charge in [0.05, 0.1) is 0 Å². The fraction of sp³-hybridized carbons (Fsp3) is 0.286. The van der Waals surface area contributed by atoms with Crippen LogP contribution in [0.3, 0.4) is 0 Å². The summed E-state index contributed by atoms with van der Waals surface area (Å²) in [5, 5.41) is 5.29. The first-order chi connectivity index (χ1) is 8.70. The van der Waals surface area contributed by atoms with E-state index in [2.05, 4.69) is 32.7 Å². The van der Waals surface area contributed by atoms with Gasteiger partial charge < -0.3 is 5.32 Å². The molecule has 0 saturated carbocycles. The van der Waals surface area contributed by atoms with Gasteiger partial charge >= 0.3 is 0 Å². The first-order valence-electron chi connectivity index (χ1n) is 5.82. The highest BCUT2D eigenvalue weighted by Gasteiger charge is 2.14. The fourth-order valence-corrected chi connectivity index (χ4v) is 3.58. The van der Waals surface area contributed by atoms with Crippen molar-refractivity contribution in [1.82, 2.24) is 5.32 Å². The van der Waals surface area contributed by atoms with Crippen molar-refractivity contribution in [3.05, 3.63) is 56.4 Å². The fourth-order valence-electron chi connectivity index (χ4n) is 1.98. The lowest BCUT2D eigenvalue weighted by atomic mass is 9.95. The third-order valence-corrected chi connectivity index (χ3v) is 4.86. The van der Waals surface area contributed by atoms with Gasteiger partial charge in [0.2, 0.25) is 0 Å². The number of thiophene rings is 1. The second-order valence-corrected chi connectivity index (χ2v) is 6.06. The van der Waals surface area contributed by atoms with Gasteiger partial charge in [-0.15, -0.1) is 11.3 Å². The van der Waals surface area contributed by atoms with E-state index >= 15 is 0 Å². The van der Waals surface area contributed by atoms with Crippen LogP contribution in [0.25, 0.3) is 0 Å². The Morgan fingerprint density at radius 3 is 2.56 bits per heavy atom. The molecule has 1 aromatic carbocycles. The summed E-state index contributed by atoms with van der Waals surface area (Å²) < 4.78 is 14.1. The molecule has 0 spiro atoms. The smallest absolute Gasteiger partial charge is 0.123 e. The van der Waals surface area contributed by atoms with Crippen LogP contribution in [0.5, 0.6) is 0 Å². The SMILES string of the molecule is CNCC(Cc1sccc1Br)c1ccc(F)cc1. The van der Waals surface area contributed by atoms with Crippen molar-refractivity contribution >= 4 is 27.3 Å². The Kier molecular flexibility index (Phi) is 4.92. The Morgan fingerprint density at radius 1 is 1.28 bits per heavy atom. The third-order valence-electron chi connectivity index (χ3n) is 2.91. The van der Waals surface area contributed by atoms with Crippen molar-refractivity contribution in [3.63, 3.8) is 0 Å². The molecule has 0 saturated heterocycles. The minimum atomic E-state index is -0.181. The number of hydrogen-bond donors (Lipinski definition) is 1. The zero-order valence-corrected chi connectivity index (χ0v) is 12.5. The molecule has 1 aromatic heterocycles. The normalized spacial score (nSPS) is 12.6. The van der Waals surface area contributed by atoms with Crippen molar-refractivity contribution in [2.75, 3.05) is 13.6 Å². The molecule has 0 aliphatic rings. The number of benzene rings is 1. The molecule has 2 aromatic rings. The molecule has 2 rings (SSSR count). The number of nitrogens with one attached hydrogen (secondary N) is 1. The molecule has 0 amide bonds. The highest BCUT2D eigenvalue weighted by atomic mass is 79.9. The van der Waals surface area contributed by atoms with Crippen molar-refractivity contribution < 1.29 is 4.39 Å². The quantitative estimate of drug-likeness (QED) is 0.868. The van der Waals surface area contributed by atoms with Crippen molar-refractivity contribution in [2.24, 2.45) is 0 Å². The molecule has 1 unspecified atom stereocenters. The van der Waals surface area contributed by atoms with Gasteiger partial charge in [0.15, 0.2) is 0 Å². The summed E-state index contributed by atoms with van der Waals surface area (Å²) in [5.74, 6) is 0.185. The molecule has 0 fully saturated rings. The van der Waals surface area contributed by atoms with Crippen LogP contribution in [0, 0.1) is 5.82 Å². The number of rotatable bonds is 5. The van der Waals surface area contributed by atoms with E-state index in [1.807, 2.05) is 19.2 Å². The average molecular weight is 328 g/mol. The van der Waals surface area contributed by atoms with Gasteiger partial charge in [0, 0.05) is 21.8 Å². The van der Waals surface area contributed by atoms with Gasteiger partial charge in [-0.3, -0.25) is 0 Å². The summed E-state index contributed by atoms with van der Waals surface area (Å²) in [6.07, 6.45) is 0.963. The minimum Gasteiger partial charge on any atom is -0.319 e. The van der Waals surface area contributed by atoms with Gasteiger partial charge in [0.1, 0.15) is 5.82 Å². The van der Waals surface area contributed by atoms with E-state index in [1.165, 1.54) is 22.6 Å². The molecule has 0 radical (unpaired) electrons. The first-order valence-corrected chi connectivity index (χ1v) is 7.50. The maximum atomic E-state index is 13.0. The predicted molar refractivity (Wildman–Crippen MR) is 78.8 cm³/mol. The summed E-state index contributed by atoms with van der Waals surface area (Å²) in [6, 6.07) is 8.88. The van der Waals surface area contributed by atoms with Gasteiger partial charge in [0.25, 0.3) is 0 Å². The zero-order chi connectivity index (χ0) is 13.0. The highest BCUT2D eigenvalue weighted by molar-refractivity contribution is 9.10. The van der Waals surface area contributed by atoms with E-state index in [0.29, 0.717) is 5.92 Å². The lowest BCUT2D eigenvalue weighted by Crippen LogP contribution is -2.19. The molecule has 4 heteroatoms. The lowest BCUT2D eigenvalue weighted by molar-refractivity contribution is 0.613. The van der Waals surface area contributed by atoms with Crippen LogP contribution >= 0.6 is 27.3 Å². The highest BCUT2D eigenvalue weighted by Crippen LogP contribution is 2.29. The Labute approximate surface area is 119 Å². The topological polar surface area (TPSA) is 12.0 Å². The summed E-state index contributed by atoms with van der Waals surface area (Å²) in [5.41, 5.74) is 1.17. The third kappa shape index (κ3) is 3.40. The molecule has 18 heavy (non-hydrogen) atoms. The van der Waals surface area contributed by atoms with Crippen LogP contribution in [0.4, 0.5) is 4.39 Å². The van der Waals surface area contributed by atoms with Crippen LogP contribution in [-0.4, -0.2) is 13.6 Å². The summed E-state index contributed by atoms with van der Waals surface area (Å²) in [4.78, 5) is 1.33. The molecule has 1 nitrogen and oxygen atoms in total. The van der Waals surface area contributed by atoms with Crippen LogP contribution in [-0.2, 0) is 6.42 Å². The van der Waals surface area contributed by atoms with E-state index < -0.39 is 0 Å². The van der Waals surface area contributed by atoms with E-state index in [0.717, 1.165) is 17.4 Å². The Balaban J connectivity index is 2.18. The van der Waals surface area contributed by atoms with Crippen LogP contribution in [0.15, 0.2) is 40.2 Å². The van der Waals surface area contributed by atoms with Crippen LogP contribution < -0.4 is 5.32 Å². The summed E-state index contributed by atoms with van der Waals surface area (Å²) in [7, 11) is 1.94. The van der Waals surface area contributed by atoms with Gasteiger partial charge in [-0.05, 0) is 58.5 Å². The van der Waals surface area contributed by atoms with Gasteiger partial charge in [-0.1, -0.05) is 12.1 Å². The van der Waals surface area contributed by atoms with Crippen molar-refractivity contribution in [3.8, 4) is 0 Å². The summed E-state index contributed by atoms with van der Waals surface area (Å²) in [6.45, 7) is 0.885. The summed E-state index contributed by atoms with van der Waals surface area (Å²) >= 11 is 5.31. The lowest BCUT2D eigenvalue weighted by Gasteiger charge is -2.16. The first kappa shape index (κ1) is 13.7. The maximum Gasteiger partial charge on any atom is 0.123 e. The molecule has 96 valence electrons. The molecular formula is C14H15BrFNS. The van der Waals surface area contributed by atoms with Crippen LogP contribution in [0.2, 0.25) is 0 Å². The average Bonchev–Trinajstić information content (AvgIpc) is 2.76. The monoisotopic (exact) mass is 327 g/mol. The zero-order valence-electron chi connectivity index (χ0n) is 10.1. The van der Waals surface area contributed by atoms with Crippen molar-refractivity contribution in [2.45, 2.75) is 12.3 Å². The van der Waals surface area contributed by atoms with Gasteiger partial charge in [-0.25, -0.2) is 4.39 Å². The number of halogens is 2. The molecular weight excluding hydrogens is 313 g/mol. The molecule has 0 aliphatic heterocycles. The standard InChI is InChI=1S/C14H15BrFNS/c1-17-9-11(8-14-13(15)6-7-18-14)10-2-4-12(16)5-3-10/h2-7,11,17H,8-9H2,1H3. The van der Waals surface area contributed by atoms with E-state index in [4.69, 9.17) is 0 Å². The Morgan fingerprint density at radius 2 is 2.00 bits per heavy atom. The predicted octanol–water partition coefficient (Wildman–Crippen LogP) is 4.20. The van der Waals surface area contributed by atoms with Gasteiger partial charge in [-0.2, -0.15) is 0 Å². The maximum absolute atomic E-state index is 13.0. The molecule has 1 atom stereocenters. The molecule has 0 aliphatic carbocycles. The minimum absolute atomic E-state index is 0.181. The second kappa shape index (κ2) is 6.45. The Bertz CT molecular complexity index is 495. The van der Waals surface area contributed by atoms with E-state index in [9.17, 15) is 4.39 Å². The van der Waals surface area contributed by atoms with E-state index in [1.54, 1.807) is 11.3 Å². The number of likely N-dealkylation sites (N-methyl/N-ethyl adjacent to an activating group) is 1.